The number of aliphatic hydroxyl groups is 1. The van der Waals surface area contributed by atoms with Crippen molar-refractivity contribution in [2.75, 3.05) is 45.3 Å². The largest absolute Gasteiger partial charge is 0.490 e. The van der Waals surface area contributed by atoms with Crippen molar-refractivity contribution in [3.63, 3.8) is 0 Å². The number of benzene rings is 2. The Hall–Kier alpha value is -3.07. The SMILES string of the molecule is CO[C@H]1C/C=C/CN(C)C(=O)C[C@](O)(C(=O)O)c2ccc3c(c2)N(C[C@@H]2CC[C@H]21)C[C@@]1(CCCc2cc(Cl)ccc21)CO3. The molecule has 0 unspecified atom stereocenters. The summed E-state index contributed by atoms with van der Waals surface area (Å²) in [4.78, 5) is 29.5. The molecule has 2 bridgehead atoms. The van der Waals surface area contributed by atoms with Gasteiger partial charge >= 0.3 is 5.97 Å². The summed E-state index contributed by atoms with van der Waals surface area (Å²) in [6, 6.07) is 11.2. The fourth-order valence-corrected chi connectivity index (χ4v) is 7.83. The summed E-state index contributed by atoms with van der Waals surface area (Å²) in [5, 5.41) is 22.5. The molecule has 1 saturated carbocycles. The summed E-state index contributed by atoms with van der Waals surface area (Å²) in [7, 11) is 3.39. The van der Waals surface area contributed by atoms with Crippen LogP contribution in [0.5, 0.6) is 5.75 Å². The number of likely N-dealkylation sites (N-methyl/N-ethyl adjacent to an activating group) is 1. The van der Waals surface area contributed by atoms with E-state index in [4.69, 9.17) is 21.1 Å². The Morgan fingerprint density at radius 3 is 2.74 bits per heavy atom. The average molecular weight is 609 g/mol. The molecule has 1 amide bonds. The Balaban J connectivity index is 1.46. The second kappa shape index (κ2) is 11.8. The Morgan fingerprint density at radius 2 is 2.00 bits per heavy atom. The first-order valence-corrected chi connectivity index (χ1v) is 15.7. The Kier molecular flexibility index (Phi) is 8.22. The van der Waals surface area contributed by atoms with E-state index < -0.39 is 23.9 Å². The van der Waals surface area contributed by atoms with Gasteiger partial charge in [0.1, 0.15) is 5.75 Å². The van der Waals surface area contributed by atoms with Gasteiger partial charge in [-0.3, -0.25) is 4.79 Å². The normalized spacial score (nSPS) is 31.7. The van der Waals surface area contributed by atoms with Crippen LogP contribution in [-0.4, -0.2) is 73.5 Å². The lowest BCUT2D eigenvalue weighted by Gasteiger charge is -2.46. The highest BCUT2D eigenvalue weighted by Gasteiger charge is 2.46. The van der Waals surface area contributed by atoms with Crippen LogP contribution < -0.4 is 9.64 Å². The Bertz CT molecular complexity index is 1430. The molecule has 230 valence electrons. The van der Waals surface area contributed by atoms with Crippen LogP contribution in [0.4, 0.5) is 5.69 Å². The van der Waals surface area contributed by atoms with E-state index in [0.29, 0.717) is 37.3 Å². The number of carboxylic acids is 1. The maximum atomic E-state index is 13.1. The minimum atomic E-state index is -2.38. The third-order valence-corrected chi connectivity index (χ3v) is 10.6. The number of methoxy groups -OCH3 is 1. The number of nitrogens with zero attached hydrogens (tertiary/aromatic N) is 2. The van der Waals surface area contributed by atoms with Crippen LogP contribution in [0.15, 0.2) is 48.6 Å². The molecule has 6 rings (SSSR count). The standard InChI is InChI=1S/C34H41ClN2O6/c1-36-15-4-3-7-29(42-2)26-11-8-23(26)19-37-20-33(14-5-6-22-16-25(35)10-12-27(22)33)21-43-30-13-9-24(17-28(30)37)34(41,32(39)40)18-31(36)38/h3-4,9-10,12-13,16-17,23,26,29,41H,5-8,11,14-15,18-21H2,1-2H3,(H,39,40)/b4-3+/t23-,26+,29-,33-,34+/m0/s1. The number of amides is 1. The zero-order valence-electron chi connectivity index (χ0n) is 24.9. The number of aliphatic carboxylic acids is 1. The van der Waals surface area contributed by atoms with Gasteiger partial charge in [-0.1, -0.05) is 35.9 Å². The number of rotatable bonds is 2. The molecule has 2 aromatic carbocycles. The van der Waals surface area contributed by atoms with Crippen molar-refractivity contribution in [2.24, 2.45) is 11.8 Å². The minimum absolute atomic E-state index is 0.0709. The molecule has 9 heteroatoms. The number of ether oxygens (including phenoxy) is 2. The summed E-state index contributed by atoms with van der Waals surface area (Å²) in [5.41, 5.74) is 0.766. The molecule has 8 nitrogen and oxygen atoms in total. The predicted molar refractivity (Wildman–Crippen MR) is 165 cm³/mol. The number of hydrogen-bond donors (Lipinski definition) is 2. The van der Waals surface area contributed by atoms with Crippen LogP contribution in [0.3, 0.4) is 0 Å². The second-order valence-electron chi connectivity index (χ2n) is 12.9. The molecule has 0 aromatic heterocycles. The molecule has 5 atom stereocenters. The third-order valence-electron chi connectivity index (χ3n) is 10.3. The average Bonchev–Trinajstić information content (AvgIpc) is 3.12. The fourth-order valence-electron chi connectivity index (χ4n) is 7.63. The van der Waals surface area contributed by atoms with Crippen molar-refractivity contribution in [1.82, 2.24) is 4.90 Å². The van der Waals surface area contributed by atoms with Gasteiger partial charge in [-0.05, 0) is 91.3 Å². The van der Waals surface area contributed by atoms with Crippen LogP contribution in [0.1, 0.15) is 55.2 Å². The van der Waals surface area contributed by atoms with Gasteiger partial charge in [-0.2, -0.15) is 0 Å². The van der Waals surface area contributed by atoms with E-state index in [1.54, 1.807) is 32.4 Å². The van der Waals surface area contributed by atoms with Crippen molar-refractivity contribution >= 4 is 29.2 Å². The monoisotopic (exact) mass is 608 g/mol. The summed E-state index contributed by atoms with van der Waals surface area (Å²) in [6.07, 6.45) is 9.30. The number of carbonyl (C=O) groups excluding carboxylic acids is 1. The van der Waals surface area contributed by atoms with E-state index in [0.717, 1.165) is 55.8 Å². The first-order chi connectivity index (χ1) is 20.6. The summed E-state index contributed by atoms with van der Waals surface area (Å²) >= 11 is 6.41. The summed E-state index contributed by atoms with van der Waals surface area (Å²) in [6.45, 7) is 2.24. The van der Waals surface area contributed by atoms with Gasteiger partial charge < -0.3 is 29.5 Å². The number of fused-ring (bicyclic) bond motifs is 4. The molecule has 2 aliphatic heterocycles. The first kappa shape index (κ1) is 30.0. The topological polar surface area (TPSA) is 99.5 Å². The van der Waals surface area contributed by atoms with Crippen LogP contribution in [-0.2, 0) is 31.8 Å². The van der Waals surface area contributed by atoms with E-state index in [2.05, 4.69) is 17.0 Å². The van der Waals surface area contributed by atoms with Gasteiger partial charge in [0.05, 0.1) is 24.8 Å². The first-order valence-electron chi connectivity index (χ1n) is 15.3. The molecule has 2 aliphatic carbocycles. The van der Waals surface area contributed by atoms with Crippen LogP contribution in [0, 0.1) is 11.8 Å². The van der Waals surface area contributed by atoms with Gasteiger partial charge in [-0.25, -0.2) is 4.79 Å². The van der Waals surface area contributed by atoms with Crippen LogP contribution in [0.2, 0.25) is 5.02 Å². The molecular weight excluding hydrogens is 568 g/mol. The number of carbonyl (C=O) groups is 2. The fraction of sp³-hybridized carbons (Fsp3) is 0.529. The number of halogens is 1. The number of anilines is 1. The summed E-state index contributed by atoms with van der Waals surface area (Å²) < 4.78 is 12.6. The molecule has 1 fully saturated rings. The zero-order valence-corrected chi connectivity index (χ0v) is 25.7. The molecule has 0 saturated heterocycles. The summed E-state index contributed by atoms with van der Waals surface area (Å²) in [5.74, 6) is -0.496. The smallest absolute Gasteiger partial charge is 0.340 e. The van der Waals surface area contributed by atoms with Crippen molar-refractivity contribution in [1.29, 1.82) is 0 Å². The lowest BCUT2D eigenvalue weighted by Crippen LogP contribution is -2.50. The van der Waals surface area contributed by atoms with Crippen molar-refractivity contribution in [3.05, 3.63) is 70.3 Å². The Morgan fingerprint density at radius 1 is 1.16 bits per heavy atom. The number of carboxylic acid groups (broad SMARTS) is 1. The van der Waals surface area contributed by atoms with Crippen LogP contribution >= 0.6 is 11.6 Å². The van der Waals surface area contributed by atoms with E-state index in [9.17, 15) is 19.8 Å². The molecular formula is C34H41ClN2O6. The van der Waals surface area contributed by atoms with E-state index >= 15 is 0 Å². The predicted octanol–water partition coefficient (Wildman–Crippen LogP) is 4.93. The van der Waals surface area contributed by atoms with Crippen LogP contribution in [0.25, 0.3) is 0 Å². The number of aryl methyl sites for hydroxylation is 1. The Labute approximate surface area is 258 Å². The van der Waals surface area contributed by atoms with E-state index in [-0.39, 0.29) is 17.1 Å². The van der Waals surface area contributed by atoms with Crippen molar-refractivity contribution in [2.45, 2.75) is 62.1 Å². The van der Waals surface area contributed by atoms with Crippen molar-refractivity contribution in [3.8, 4) is 5.75 Å². The molecule has 43 heavy (non-hydrogen) atoms. The highest BCUT2D eigenvalue weighted by atomic mass is 35.5. The second-order valence-corrected chi connectivity index (χ2v) is 13.3. The maximum absolute atomic E-state index is 13.1. The molecule has 2 aromatic rings. The quantitative estimate of drug-likeness (QED) is 0.466. The van der Waals surface area contributed by atoms with Crippen molar-refractivity contribution < 1.29 is 29.3 Å². The van der Waals surface area contributed by atoms with Gasteiger partial charge in [0, 0.05) is 44.2 Å². The maximum Gasteiger partial charge on any atom is 0.340 e. The molecule has 4 aliphatic rings. The number of hydrogen-bond acceptors (Lipinski definition) is 6. The van der Waals surface area contributed by atoms with E-state index in [1.165, 1.54) is 16.0 Å². The molecule has 0 radical (unpaired) electrons. The highest BCUT2D eigenvalue weighted by molar-refractivity contribution is 6.30. The molecule has 2 N–H and O–H groups in total. The molecule has 1 spiro atoms. The minimum Gasteiger partial charge on any atom is -0.490 e. The third kappa shape index (κ3) is 5.54. The lowest BCUT2D eigenvalue weighted by molar-refractivity contribution is -0.164. The zero-order chi connectivity index (χ0) is 30.4. The highest BCUT2D eigenvalue weighted by Crippen LogP contribution is 2.47. The lowest BCUT2D eigenvalue weighted by atomic mass is 9.68. The van der Waals surface area contributed by atoms with Gasteiger partial charge in [0.2, 0.25) is 5.91 Å². The molecule has 2 heterocycles. The van der Waals surface area contributed by atoms with Gasteiger partial charge in [0.25, 0.3) is 0 Å². The van der Waals surface area contributed by atoms with E-state index in [1.807, 2.05) is 18.2 Å². The van der Waals surface area contributed by atoms with Gasteiger partial charge in [0.15, 0.2) is 5.60 Å². The van der Waals surface area contributed by atoms with Gasteiger partial charge in [-0.15, -0.1) is 0 Å².